The Balaban J connectivity index is 2.56. The molecule has 1 aliphatic carbocycles. The van der Waals surface area contributed by atoms with Gasteiger partial charge in [-0.1, -0.05) is 47.0 Å². The van der Waals surface area contributed by atoms with E-state index < -0.39 is 0 Å². The third-order valence-electron chi connectivity index (χ3n) is 4.80. The average molecular weight is 269 g/mol. The van der Waals surface area contributed by atoms with E-state index >= 15 is 0 Å². The first-order valence-corrected chi connectivity index (χ1v) is 8.30. The SMILES string of the molecule is CCCC1CCC(CNC(C)C)C(C(C)COC)C1. The summed E-state index contributed by atoms with van der Waals surface area (Å²) in [5.41, 5.74) is 0. The highest BCUT2D eigenvalue weighted by atomic mass is 16.5. The van der Waals surface area contributed by atoms with Crippen molar-refractivity contribution in [2.75, 3.05) is 20.3 Å². The zero-order chi connectivity index (χ0) is 14.3. The molecule has 0 radical (unpaired) electrons. The van der Waals surface area contributed by atoms with Crippen LogP contribution < -0.4 is 5.32 Å². The number of ether oxygens (including phenoxy) is 1. The van der Waals surface area contributed by atoms with Crippen molar-refractivity contribution < 1.29 is 4.74 Å². The molecule has 0 bridgehead atoms. The summed E-state index contributed by atoms with van der Waals surface area (Å²) in [6, 6.07) is 0.603. The molecule has 0 amide bonds. The van der Waals surface area contributed by atoms with E-state index in [0.29, 0.717) is 12.0 Å². The fourth-order valence-electron chi connectivity index (χ4n) is 3.75. The summed E-state index contributed by atoms with van der Waals surface area (Å²) in [7, 11) is 1.84. The Morgan fingerprint density at radius 3 is 2.53 bits per heavy atom. The Bertz CT molecular complexity index is 229. The molecule has 1 N–H and O–H groups in total. The summed E-state index contributed by atoms with van der Waals surface area (Å²) in [6.07, 6.45) is 7.02. The van der Waals surface area contributed by atoms with Gasteiger partial charge in [0.05, 0.1) is 0 Å². The van der Waals surface area contributed by atoms with E-state index in [-0.39, 0.29) is 0 Å². The van der Waals surface area contributed by atoms with Crippen molar-refractivity contribution in [3.63, 3.8) is 0 Å². The summed E-state index contributed by atoms with van der Waals surface area (Å²) in [6.45, 7) is 11.3. The van der Waals surface area contributed by atoms with Gasteiger partial charge in [-0.25, -0.2) is 0 Å². The van der Waals surface area contributed by atoms with Crippen LogP contribution in [0.2, 0.25) is 0 Å². The highest BCUT2D eigenvalue weighted by Gasteiger charge is 2.33. The molecule has 0 saturated heterocycles. The summed E-state index contributed by atoms with van der Waals surface area (Å²) < 4.78 is 5.41. The van der Waals surface area contributed by atoms with E-state index in [1.807, 2.05) is 7.11 Å². The lowest BCUT2D eigenvalue weighted by Gasteiger charge is -2.40. The maximum absolute atomic E-state index is 5.41. The highest BCUT2D eigenvalue weighted by molar-refractivity contribution is 4.84. The van der Waals surface area contributed by atoms with Gasteiger partial charge in [-0.2, -0.15) is 0 Å². The van der Waals surface area contributed by atoms with Gasteiger partial charge in [-0.05, 0) is 43.1 Å². The van der Waals surface area contributed by atoms with Crippen molar-refractivity contribution in [3.8, 4) is 0 Å². The van der Waals surface area contributed by atoms with E-state index in [2.05, 4.69) is 33.0 Å². The molecular formula is C17H35NO. The molecule has 19 heavy (non-hydrogen) atoms. The van der Waals surface area contributed by atoms with Gasteiger partial charge >= 0.3 is 0 Å². The van der Waals surface area contributed by atoms with Crippen LogP contribution in [0.3, 0.4) is 0 Å². The predicted molar refractivity (Wildman–Crippen MR) is 83.4 cm³/mol. The Kier molecular flexibility index (Phi) is 8.01. The molecule has 0 aliphatic heterocycles. The smallest absolute Gasteiger partial charge is 0.0490 e. The molecule has 1 fully saturated rings. The molecule has 4 atom stereocenters. The van der Waals surface area contributed by atoms with Crippen LogP contribution in [0.15, 0.2) is 0 Å². The zero-order valence-corrected chi connectivity index (χ0v) is 13.7. The third kappa shape index (κ3) is 5.83. The summed E-state index contributed by atoms with van der Waals surface area (Å²) >= 11 is 0. The predicted octanol–water partition coefficient (Wildman–Crippen LogP) is 4.10. The molecule has 1 saturated carbocycles. The number of methoxy groups -OCH3 is 1. The van der Waals surface area contributed by atoms with Crippen LogP contribution in [0.4, 0.5) is 0 Å². The van der Waals surface area contributed by atoms with Crippen LogP contribution in [-0.4, -0.2) is 26.3 Å². The molecule has 0 aromatic rings. The standard InChI is InChI=1S/C17H35NO/c1-6-7-15-8-9-16(11-18-13(2)3)17(10-15)14(4)12-19-5/h13-18H,6-12H2,1-5H3. The van der Waals surface area contributed by atoms with Gasteiger partial charge in [-0.15, -0.1) is 0 Å². The Labute approximate surface area is 120 Å². The van der Waals surface area contributed by atoms with E-state index in [1.165, 1.54) is 38.6 Å². The minimum Gasteiger partial charge on any atom is -0.384 e. The van der Waals surface area contributed by atoms with Gasteiger partial charge in [0.25, 0.3) is 0 Å². The monoisotopic (exact) mass is 269 g/mol. The zero-order valence-electron chi connectivity index (χ0n) is 13.7. The average Bonchev–Trinajstić information content (AvgIpc) is 2.37. The van der Waals surface area contributed by atoms with Gasteiger partial charge in [-0.3, -0.25) is 0 Å². The van der Waals surface area contributed by atoms with Crippen LogP contribution in [0.25, 0.3) is 0 Å². The van der Waals surface area contributed by atoms with Gasteiger partial charge < -0.3 is 10.1 Å². The Morgan fingerprint density at radius 1 is 1.21 bits per heavy atom. The van der Waals surface area contributed by atoms with E-state index in [1.54, 1.807) is 0 Å². The molecule has 0 aromatic carbocycles. The maximum atomic E-state index is 5.41. The van der Waals surface area contributed by atoms with Crippen LogP contribution in [0.1, 0.15) is 59.8 Å². The van der Waals surface area contributed by atoms with E-state index in [0.717, 1.165) is 24.4 Å². The van der Waals surface area contributed by atoms with Gasteiger partial charge in [0.15, 0.2) is 0 Å². The lowest BCUT2D eigenvalue weighted by atomic mass is 9.68. The summed E-state index contributed by atoms with van der Waals surface area (Å²) in [4.78, 5) is 0. The van der Waals surface area contributed by atoms with Crippen LogP contribution in [0, 0.1) is 23.7 Å². The maximum Gasteiger partial charge on any atom is 0.0490 e. The van der Waals surface area contributed by atoms with Crippen LogP contribution >= 0.6 is 0 Å². The van der Waals surface area contributed by atoms with Crippen molar-refractivity contribution in [2.45, 2.75) is 65.8 Å². The third-order valence-corrected chi connectivity index (χ3v) is 4.80. The van der Waals surface area contributed by atoms with Crippen molar-refractivity contribution in [1.82, 2.24) is 5.32 Å². The molecule has 0 aromatic heterocycles. The van der Waals surface area contributed by atoms with Crippen LogP contribution in [-0.2, 0) is 4.74 Å². The summed E-state index contributed by atoms with van der Waals surface area (Å²) in [5.74, 6) is 3.35. The molecular weight excluding hydrogens is 234 g/mol. The molecule has 1 aliphatic rings. The normalized spacial score (nSPS) is 29.7. The second kappa shape index (κ2) is 8.97. The largest absolute Gasteiger partial charge is 0.384 e. The number of hydrogen-bond donors (Lipinski definition) is 1. The minimum atomic E-state index is 0.603. The van der Waals surface area contributed by atoms with E-state index in [4.69, 9.17) is 4.74 Å². The first kappa shape index (κ1) is 17.0. The van der Waals surface area contributed by atoms with Crippen molar-refractivity contribution in [2.24, 2.45) is 23.7 Å². The number of hydrogen-bond acceptors (Lipinski definition) is 2. The summed E-state index contributed by atoms with van der Waals surface area (Å²) in [5, 5.41) is 3.65. The van der Waals surface area contributed by atoms with Crippen molar-refractivity contribution in [3.05, 3.63) is 0 Å². The highest BCUT2D eigenvalue weighted by Crippen LogP contribution is 2.39. The van der Waals surface area contributed by atoms with Gasteiger partial charge in [0, 0.05) is 19.8 Å². The molecule has 114 valence electrons. The minimum absolute atomic E-state index is 0.603. The van der Waals surface area contributed by atoms with Gasteiger partial charge in [0.1, 0.15) is 0 Å². The first-order valence-electron chi connectivity index (χ1n) is 8.30. The molecule has 0 spiro atoms. The fraction of sp³-hybridized carbons (Fsp3) is 1.00. The Hall–Kier alpha value is -0.0800. The second-order valence-electron chi connectivity index (χ2n) is 6.89. The molecule has 1 rings (SSSR count). The fourth-order valence-corrected chi connectivity index (χ4v) is 3.75. The molecule has 2 nitrogen and oxygen atoms in total. The first-order chi connectivity index (χ1) is 9.08. The van der Waals surface area contributed by atoms with Crippen LogP contribution in [0.5, 0.6) is 0 Å². The second-order valence-corrected chi connectivity index (χ2v) is 6.89. The van der Waals surface area contributed by atoms with Crippen molar-refractivity contribution >= 4 is 0 Å². The van der Waals surface area contributed by atoms with Crippen molar-refractivity contribution in [1.29, 1.82) is 0 Å². The quantitative estimate of drug-likeness (QED) is 0.716. The Morgan fingerprint density at radius 2 is 1.95 bits per heavy atom. The topological polar surface area (TPSA) is 21.3 Å². The van der Waals surface area contributed by atoms with E-state index in [9.17, 15) is 0 Å². The number of rotatable bonds is 8. The number of nitrogens with one attached hydrogen (secondary N) is 1. The molecule has 0 heterocycles. The lowest BCUT2D eigenvalue weighted by molar-refractivity contribution is 0.0630. The molecule has 4 unspecified atom stereocenters. The van der Waals surface area contributed by atoms with Gasteiger partial charge in [0.2, 0.25) is 0 Å². The lowest BCUT2D eigenvalue weighted by Crippen LogP contribution is -2.39. The molecule has 2 heteroatoms.